The fraction of sp³-hybridized carbons (Fsp3) is 0.211. The molecule has 30 heavy (non-hydrogen) atoms. The van der Waals surface area contributed by atoms with Gasteiger partial charge in [-0.3, -0.25) is 15.8 Å². The smallest absolute Gasteiger partial charge is 0.225 e. The van der Waals surface area contributed by atoms with Gasteiger partial charge in [-0.05, 0) is 50.5 Å². The molecule has 0 aliphatic carbocycles. The third kappa shape index (κ3) is 6.65. The largest absolute Gasteiger partial charge is 0.454 e. The quantitative estimate of drug-likeness (QED) is 0.231. The van der Waals surface area contributed by atoms with Gasteiger partial charge in [-0.25, -0.2) is 4.98 Å². The van der Waals surface area contributed by atoms with Gasteiger partial charge in [-0.15, -0.1) is 0 Å². The highest BCUT2D eigenvalue weighted by Gasteiger charge is 2.08. The summed E-state index contributed by atoms with van der Waals surface area (Å²) in [7, 11) is 1.77. The van der Waals surface area contributed by atoms with E-state index in [1.54, 1.807) is 36.5 Å². The van der Waals surface area contributed by atoms with Crippen LogP contribution in [0.2, 0.25) is 0 Å². The molecule has 158 valence electrons. The standard InChI is InChI=1S/C19H23N8O2S/c1-27(2)12-11-21-19-22-17(16-5-3-4-10-20-16)13-18(23-19)25-24-14-6-8-15(9-7-14)26-30(28)29/h3-10,13,24H,11-12H2,1-2H3,(H,26,28,29)(H2,21,22,23,25)/q-1. The van der Waals surface area contributed by atoms with Gasteiger partial charge in [-0.2, -0.15) is 4.98 Å². The maximum atomic E-state index is 10.7. The number of pyridine rings is 1. The molecule has 4 N–H and O–H groups in total. The number of hydrogen-bond acceptors (Lipinski definition) is 10. The summed E-state index contributed by atoms with van der Waals surface area (Å²) in [5.41, 5.74) is 8.66. The van der Waals surface area contributed by atoms with Gasteiger partial charge in [-0.1, -0.05) is 16.9 Å². The van der Waals surface area contributed by atoms with E-state index in [1.807, 2.05) is 32.3 Å². The Labute approximate surface area is 176 Å². The number of hydrazine groups is 1. The Balaban J connectivity index is 1.76. The van der Waals surface area contributed by atoms with Crippen molar-refractivity contribution in [3.63, 3.8) is 0 Å². The van der Waals surface area contributed by atoms with Gasteiger partial charge >= 0.3 is 0 Å². The normalized spacial score (nSPS) is 12.0. The molecule has 1 aromatic carbocycles. The number of nitrogens with one attached hydrogen (secondary N) is 3. The Hall–Kier alpha value is -3.28. The number of likely N-dealkylation sites (N-methyl/N-ethyl adjacent to an activating group) is 1. The number of aromatic nitrogens is 3. The van der Waals surface area contributed by atoms with Crippen LogP contribution >= 0.6 is 0 Å². The van der Waals surface area contributed by atoms with E-state index in [4.69, 9.17) is 4.55 Å². The average Bonchev–Trinajstić information content (AvgIpc) is 2.73. The summed E-state index contributed by atoms with van der Waals surface area (Å²) in [4.78, 5) is 15.5. The second-order valence-corrected chi connectivity index (χ2v) is 7.17. The van der Waals surface area contributed by atoms with E-state index in [0.717, 1.165) is 17.9 Å². The van der Waals surface area contributed by atoms with Gasteiger partial charge in [0.15, 0.2) is 5.82 Å². The Kier molecular flexibility index (Phi) is 7.49. The number of hydrogen-bond donors (Lipinski definition) is 4. The van der Waals surface area contributed by atoms with Crippen LogP contribution in [0.25, 0.3) is 11.4 Å². The fourth-order valence-corrected chi connectivity index (χ4v) is 2.76. The monoisotopic (exact) mass is 427 g/mol. The van der Waals surface area contributed by atoms with E-state index >= 15 is 0 Å². The molecule has 0 aliphatic heterocycles. The van der Waals surface area contributed by atoms with Gasteiger partial charge in [0.25, 0.3) is 0 Å². The molecule has 0 spiro atoms. The van der Waals surface area contributed by atoms with E-state index in [2.05, 4.69) is 40.4 Å². The van der Waals surface area contributed by atoms with E-state index in [-0.39, 0.29) is 0 Å². The Morgan fingerprint density at radius 1 is 1.07 bits per heavy atom. The third-order valence-electron chi connectivity index (χ3n) is 3.88. The summed E-state index contributed by atoms with van der Waals surface area (Å²) in [5, 5.41) is 3.23. The highest BCUT2D eigenvalue weighted by Crippen LogP contribution is 2.21. The van der Waals surface area contributed by atoms with E-state index < -0.39 is 10.9 Å². The van der Waals surface area contributed by atoms with Crippen LogP contribution in [0.4, 0.5) is 23.1 Å². The molecule has 0 saturated carbocycles. The van der Waals surface area contributed by atoms with Crippen molar-refractivity contribution in [2.45, 2.75) is 0 Å². The molecule has 0 atom stereocenters. The van der Waals surface area contributed by atoms with Gasteiger partial charge in [0.05, 0.1) is 17.1 Å². The first kappa shape index (κ1) is 21.4. The van der Waals surface area contributed by atoms with Crippen LogP contribution in [0.1, 0.15) is 0 Å². The van der Waals surface area contributed by atoms with E-state index in [0.29, 0.717) is 29.7 Å². The van der Waals surface area contributed by atoms with Crippen molar-refractivity contribution < 1.29 is 8.76 Å². The first-order chi connectivity index (χ1) is 14.5. The lowest BCUT2D eigenvalue weighted by Crippen LogP contribution is -2.22. The summed E-state index contributed by atoms with van der Waals surface area (Å²) in [6.07, 6.45) is 1.72. The number of benzene rings is 1. The molecular weight excluding hydrogens is 404 g/mol. The molecule has 0 amide bonds. The van der Waals surface area contributed by atoms with Crippen LogP contribution in [0, 0.1) is 0 Å². The van der Waals surface area contributed by atoms with Gasteiger partial charge in [0.2, 0.25) is 5.95 Å². The Bertz CT molecular complexity index is 1040. The summed E-state index contributed by atoms with van der Waals surface area (Å²) in [5.74, 6) is 1.05. The lowest BCUT2D eigenvalue weighted by molar-refractivity contribution is 0.425. The van der Waals surface area contributed by atoms with Crippen molar-refractivity contribution in [1.82, 2.24) is 19.9 Å². The van der Waals surface area contributed by atoms with Crippen LogP contribution in [0.3, 0.4) is 0 Å². The average molecular weight is 428 g/mol. The highest BCUT2D eigenvalue weighted by molar-refractivity contribution is 7.68. The van der Waals surface area contributed by atoms with Crippen molar-refractivity contribution in [3.8, 4) is 11.4 Å². The van der Waals surface area contributed by atoms with E-state index in [1.165, 1.54) is 0 Å². The zero-order valence-corrected chi connectivity index (χ0v) is 17.4. The van der Waals surface area contributed by atoms with Crippen molar-refractivity contribution in [3.05, 3.63) is 54.7 Å². The number of rotatable bonds is 9. The number of anilines is 3. The van der Waals surface area contributed by atoms with Gasteiger partial charge < -0.3 is 23.3 Å². The molecule has 11 heteroatoms. The molecule has 0 radical (unpaired) electrons. The molecule has 3 rings (SSSR count). The van der Waals surface area contributed by atoms with Crippen molar-refractivity contribution >= 4 is 34.0 Å². The van der Waals surface area contributed by atoms with E-state index in [9.17, 15) is 4.21 Å². The zero-order chi connectivity index (χ0) is 21.3. The molecule has 0 unspecified atom stereocenters. The molecule has 0 bridgehead atoms. The molecule has 2 aromatic heterocycles. The molecule has 3 aromatic rings. The van der Waals surface area contributed by atoms with Crippen molar-refractivity contribution in [1.29, 1.82) is 0 Å². The van der Waals surface area contributed by atoms with Crippen LogP contribution in [-0.2, 0) is 15.1 Å². The predicted octanol–water partition coefficient (Wildman–Crippen LogP) is 3.20. The predicted molar refractivity (Wildman–Crippen MR) is 119 cm³/mol. The zero-order valence-electron chi connectivity index (χ0n) is 16.6. The SMILES string of the molecule is CN(C)CCNc1nc(NNc2ccc(N=[S-](=O)O)cc2)cc(-c2ccccn2)n1. The minimum Gasteiger partial charge on any atom is -0.454 e. The lowest BCUT2D eigenvalue weighted by Gasteiger charge is -2.14. The Morgan fingerprint density at radius 2 is 1.87 bits per heavy atom. The lowest BCUT2D eigenvalue weighted by atomic mass is 10.2. The molecule has 10 nitrogen and oxygen atoms in total. The summed E-state index contributed by atoms with van der Waals surface area (Å²) in [6.45, 7) is 1.54. The summed E-state index contributed by atoms with van der Waals surface area (Å²) in [6, 6.07) is 14.2. The molecular formula is C19H23N8O2S-. The molecule has 2 heterocycles. The molecule has 0 fully saturated rings. The highest BCUT2D eigenvalue weighted by atomic mass is 32.2. The maximum Gasteiger partial charge on any atom is 0.225 e. The molecule has 0 aliphatic rings. The molecule has 0 saturated heterocycles. The number of nitrogens with zero attached hydrogens (tertiary/aromatic N) is 5. The fourth-order valence-electron chi connectivity index (χ4n) is 2.46. The minimum absolute atomic E-state index is 0.410. The van der Waals surface area contributed by atoms with Crippen molar-refractivity contribution in [2.75, 3.05) is 43.4 Å². The second-order valence-electron chi connectivity index (χ2n) is 6.53. The maximum absolute atomic E-state index is 10.7. The third-order valence-corrected chi connectivity index (χ3v) is 4.25. The van der Waals surface area contributed by atoms with Crippen LogP contribution in [0.15, 0.2) is 59.1 Å². The van der Waals surface area contributed by atoms with Crippen LogP contribution in [0.5, 0.6) is 0 Å². The summed E-state index contributed by atoms with van der Waals surface area (Å²) < 4.78 is 23.1. The summed E-state index contributed by atoms with van der Waals surface area (Å²) >= 11 is 0. The van der Waals surface area contributed by atoms with Crippen LogP contribution < -0.4 is 16.2 Å². The van der Waals surface area contributed by atoms with Gasteiger partial charge in [0, 0.05) is 31.0 Å². The minimum atomic E-state index is -2.23. The Morgan fingerprint density at radius 3 is 2.53 bits per heavy atom. The van der Waals surface area contributed by atoms with Crippen LogP contribution in [-0.4, -0.2) is 51.6 Å². The first-order valence-corrected chi connectivity index (χ1v) is 10.2. The van der Waals surface area contributed by atoms with Crippen molar-refractivity contribution in [2.24, 2.45) is 4.36 Å². The van der Waals surface area contributed by atoms with Gasteiger partial charge in [0.1, 0.15) is 0 Å². The topological polar surface area (TPSA) is 128 Å². The first-order valence-electron chi connectivity index (χ1n) is 9.13. The second kappa shape index (κ2) is 10.5.